The Hall–Kier alpha value is -2.12. The van der Waals surface area contributed by atoms with E-state index in [2.05, 4.69) is 25.8 Å². The molecule has 0 spiro atoms. The maximum atomic E-state index is 11.7. The lowest BCUT2D eigenvalue weighted by molar-refractivity contribution is -0.153. The van der Waals surface area contributed by atoms with Crippen molar-refractivity contribution in [2.45, 2.75) is 32.2 Å². The molecule has 2 rings (SSSR count). The zero-order valence-electron chi connectivity index (χ0n) is 10.6. The van der Waals surface area contributed by atoms with E-state index in [1.165, 1.54) is 6.33 Å². The summed E-state index contributed by atoms with van der Waals surface area (Å²) >= 11 is 0. The number of hydrogen-bond donors (Lipinski definition) is 4. The van der Waals surface area contributed by atoms with Crippen LogP contribution in [0.3, 0.4) is 0 Å². The molecule has 1 unspecified atom stereocenters. The van der Waals surface area contributed by atoms with Gasteiger partial charge in [0.05, 0.1) is 11.5 Å². The first-order valence-corrected chi connectivity index (χ1v) is 6.16. The number of carbonyl (C=O) groups excluding carboxylic acids is 1. The van der Waals surface area contributed by atoms with E-state index in [0.29, 0.717) is 18.7 Å². The van der Waals surface area contributed by atoms with E-state index < -0.39 is 17.4 Å². The van der Waals surface area contributed by atoms with E-state index in [1.807, 2.05) is 0 Å². The molecule has 1 aliphatic carbocycles. The average Bonchev–Trinajstić information content (AvgIpc) is 2.80. The Bertz CT molecular complexity index is 455. The van der Waals surface area contributed by atoms with Crippen LogP contribution >= 0.6 is 0 Å². The second kappa shape index (κ2) is 5.25. The third-order valence-corrected chi connectivity index (χ3v) is 3.54. The van der Waals surface area contributed by atoms with Crippen molar-refractivity contribution in [1.29, 1.82) is 0 Å². The van der Waals surface area contributed by atoms with Gasteiger partial charge in [-0.25, -0.2) is 9.78 Å². The van der Waals surface area contributed by atoms with Crippen LogP contribution in [0.2, 0.25) is 0 Å². The van der Waals surface area contributed by atoms with E-state index in [-0.39, 0.29) is 12.6 Å². The van der Waals surface area contributed by atoms with Crippen LogP contribution in [-0.4, -0.2) is 38.8 Å². The molecule has 0 radical (unpaired) electrons. The minimum absolute atomic E-state index is 0.150. The minimum Gasteiger partial charge on any atom is -0.481 e. The molecule has 4 N–H and O–H groups in total. The lowest BCUT2D eigenvalue weighted by Crippen LogP contribution is -2.50. The molecule has 0 saturated heterocycles. The fourth-order valence-corrected chi connectivity index (χ4v) is 2.06. The molecule has 2 amide bonds. The number of nitrogens with one attached hydrogen (secondary N) is 3. The van der Waals surface area contributed by atoms with Crippen molar-refractivity contribution >= 4 is 12.0 Å². The number of aromatic nitrogens is 3. The molecule has 8 nitrogen and oxygen atoms in total. The lowest BCUT2D eigenvalue weighted by atomic mass is 9.69. The van der Waals surface area contributed by atoms with Crippen LogP contribution in [0, 0.1) is 5.41 Å². The number of carboxylic acids is 1. The van der Waals surface area contributed by atoms with Crippen molar-refractivity contribution in [3.05, 3.63) is 12.2 Å². The van der Waals surface area contributed by atoms with Crippen molar-refractivity contribution in [3.8, 4) is 0 Å². The van der Waals surface area contributed by atoms with Gasteiger partial charge in [-0.3, -0.25) is 9.89 Å². The van der Waals surface area contributed by atoms with E-state index in [4.69, 9.17) is 5.11 Å². The van der Waals surface area contributed by atoms with Crippen molar-refractivity contribution < 1.29 is 14.7 Å². The number of aromatic amines is 1. The number of hydrogen-bond acceptors (Lipinski definition) is 4. The van der Waals surface area contributed by atoms with E-state index in [1.54, 1.807) is 6.92 Å². The SMILES string of the molecule is CC(NC(=O)NCC1(C(=O)O)CCC1)c1ncn[nH]1. The summed E-state index contributed by atoms with van der Waals surface area (Å²) in [6.45, 7) is 1.91. The fraction of sp³-hybridized carbons (Fsp3) is 0.636. The van der Waals surface area contributed by atoms with E-state index in [0.717, 1.165) is 6.42 Å². The summed E-state index contributed by atoms with van der Waals surface area (Å²) < 4.78 is 0. The van der Waals surface area contributed by atoms with Gasteiger partial charge in [-0.15, -0.1) is 0 Å². The first kappa shape index (κ1) is 13.3. The van der Waals surface area contributed by atoms with E-state index >= 15 is 0 Å². The van der Waals surface area contributed by atoms with Gasteiger partial charge in [-0.1, -0.05) is 6.42 Å². The number of carbonyl (C=O) groups is 2. The second-order valence-corrected chi connectivity index (χ2v) is 4.86. The summed E-state index contributed by atoms with van der Waals surface area (Å²) in [6, 6.07) is -0.721. The minimum atomic E-state index is -0.845. The van der Waals surface area contributed by atoms with Crippen molar-refractivity contribution in [2.24, 2.45) is 5.41 Å². The number of urea groups is 1. The summed E-state index contributed by atoms with van der Waals surface area (Å²) in [4.78, 5) is 26.7. The van der Waals surface area contributed by atoms with Crippen LogP contribution in [0.1, 0.15) is 38.1 Å². The number of rotatable bonds is 5. The predicted octanol–water partition coefficient (Wildman–Crippen LogP) is 0.420. The largest absolute Gasteiger partial charge is 0.481 e. The Morgan fingerprint density at radius 3 is 2.79 bits per heavy atom. The van der Waals surface area contributed by atoms with Crippen LogP contribution in [0.4, 0.5) is 4.79 Å². The molecule has 0 aromatic carbocycles. The number of H-pyrrole nitrogens is 1. The highest BCUT2D eigenvalue weighted by molar-refractivity contribution is 5.79. The Kier molecular flexibility index (Phi) is 3.68. The van der Waals surface area contributed by atoms with E-state index in [9.17, 15) is 9.59 Å². The van der Waals surface area contributed by atoms with Gasteiger partial charge in [0, 0.05) is 6.54 Å². The van der Waals surface area contributed by atoms with Crippen LogP contribution in [-0.2, 0) is 4.79 Å². The predicted molar refractivity (Wildman–Crippen MR) is 65.3 cm³/mol. The number of nitrogens with zero attached hydrogens (tertiary/aromatic N) is 2. The molecule has 1 fully saturated rings. The molecule has 1 aliphatic rings. The van der Waals surface area contributed by atoms with Gasteiger partial charge in [-0.05, 0) is 19.8 Å². The zero-order valence-corrected chi connectivity index (χ0v) is 10.6. The van der Waals surface area contributed by atoms with Crippen molar-refractivity contribution in [3.63, 3.8) is 0 Å². The highest BCUT2D eigenvalue weighted by atomic mass is 16.4. The normalized spacial score (nSPS) is 18.2. The summed E-state index contributed by atoms with van der Waals surface area (Å²) in [5.41, 5.74) is -0.785. The van der Waals surface area contributed by atoms with Gasteiger partial charge in [-0.2, -0.15) is 5.10 Å². The highest BCUT2D eigenvalue weighted by Gasteiger charge is 2.44. The molecule has 1 atom stereocenters. The van der Waals surface area contributed by atoms with Crippen molar-refractivity contribution in [1.82, 2.24) is 25.8 Å². The van der Waals surface area contributed by atoms with Crippen molar-refractivity contribution in [2.75, 3.05) is 6.54 Å². The van der Waals surface area contributed by atoms with Gasteiger partial charge in [0.1, 0.15) is 12.2 Å². The molecule has 1 aromatic heterocycles. The molecular weight excluding hydrogens is 250 g/mol. The summed E-state index contributed by atoms with van der Waals surface area (Å²) in [6.07, 6.45) is 3.48. The van der Waals surface area contributed by atoms with Gasteiger partial charge >= 0.3 is 12.0 Å². The average molecular weight is 267 g/mol. The molecule has 1 saturated carbocycles. The van der Waals surface area contributed by atoms with Crippen LogP contribution in [0.5, 0.6) is 0 Å². The second-order valence-electron chi connectivity index (χ2n) is 4.86. The van der Waals surface area contributed by atoms with Gasteiger partial charge < -0.3 is 15.7 Å². The lowest BCUT2D eigenvalue weighted by Gasteiger charge is -2.37. The molecule has 8 heteroatoms. The quantitative estimate of drug-likeness (QED) is 0.616. The zero-order chi connectivity index (χ0) is 13.9. The van der Waals surface area contributed by atoms with Gasteiger partial charge in [0.2, 0.25) is 0 Å². The molecular formula is C11H17N5O3. The molecule has 1 heterocycles. The Morgan fingerprint density at radius 2 is 2.32 bits per heavy atom. The first-order valence-electron chi connectivity index (χ1n) is 6.16. The molecule has 104 valence electrons. The van der Waals surface area contributed by atoms with Crippen LogP contribution < -0.4 is 10.6 Å². The summed E-state index contributed by atoms with van der Waals surface area (Å²) in [7, 11) is 0. The molecule has 0 aliphatic heterocycles. The maximum Gasteiger partial charge on any atom is 0.315 e. The fourth-order valence-electron chi connectivity index (χ4n) is 2.06. The maximum absolute atomic E-state index is 11.7. The Morgan fingerprint density at radius 1 is 1.58 bits per heavy atom. The standard InChI is InChI=1S/C11H17N5O3/c1-7(8-13-6-14-16-8)15-10(19)12-5-11(9(17)18)3-2-4-11/h6-7H,2-5H2,1H3,(H,17,18)(H2,12,15,19)(H,13,14,16). The smallest absolute Gasteiger partial charge is 0.315 e. The molecule has 0 bridgehead atoms. The Labute approximate surface area is 110 Å². The number of aliphatic carboxylic acids is 1. The third kappa shape index (κ3) is 2.83. The van der Waals surface area contributed by atoms with Gasteiger partial charge in [0.15, 0.2) is 0 Å². The number of amides is 2. The monoisotopic (exact) mass is 267 g/mol. The molecule has 19 heavy (non-hydrogen) atoms. The van der Waals surface area contributed by atoms with Crippen LogP contribution in [0.15, 0.2) is 6.33 Å². The third-order valence-electron chi connectivity index (χ3n) is 3.54. The molecule has 1 aromatic rings. The van der Waals surface area contributed by atoms with Gasteiger partial charge in [0.25, 0.3) is 0 Å². The highest BCUT2D eigenvalue weighted by Crippen LogP contribution is 2.40. The number of carboxylic acid groups (broad SMARTS) is 1. The Balaban J connectivity index is 1.80. The van der Waals surface area contributed by atoms with Crippen LogP contribution in [0.25, 0.3) is 0 Å². The summed E-state index contributed by atoms with van der Waals surface area (Å²) in [5.74, 6) is -0.297. The summed E-state index contributed by atoms with van der Waals surface area (Å²) in [5, 5.41) is 20.8. The topological polar surface area (TPSA) is 120 Å². The first-order chi connectivity index (χ1) is 9.03.